The highest BCUT2D eigenvalue weighted by molar-refractivity contribution is 6.42. The maximum atomic E-state index is 12.8. The van der Waals surface area contributed by atoms with E-state index in [4.69, 9.17) is 32.7 Å². The molecule has 3 rings (SSSR count). The smallest absolute Gasteiger partial charge is 0.407 e. The van der Waals surface area contributed by atoms with E-state index in [2.05, 4.69) is 4.98 Å². The van der Waals surface area contributed by atoms with Gasteiger partial charge in [-0.3, -0.25) is 0 Å². The Labute approximate surface area is 176 Å². The van der Waals surface area contributed by atoms with Crippen LogP contribution in [0, 0.1) is 12.1 Å². The first-order chi connectivity index (χ1) is 13.8. The molecule has 150 valence electrons. The second-order valence-corrected chi connectivity index (χ2v) is 6.93. The molecule has 0 N–H and O–H groups in total. The van der Waals surface area contributed by atoms with E-state index in [9.17, 15) is 14.8 Å². The summed E-state index contributed by atoms with van der Waals surface area (Å²) >= 11 is 12.0. The van der Waals surface area contributed by atoms with Gasteiger partial charge in [0.15, 0.2) is 5.69 Å². The van der Waals surface area contributed by atoms with Crippen LogP contribution in [0.15, 0.2) is 36.4 Å². The van der Waals surface area contributed by atoms with E-state index in [0.29, 0.717) is 10.3 Å². The highest BCUT2D eigenvalue weighted by Gasteiger charge is 2.29. The average molecular weight is 435 g/mol. The van der Waals surface area contributed by atoms with Gasteiger partial charge in [-0.2, -0.15) is 4.73 Å². The molecule has 0 saturated heterocycles. The Morgan fingerprint density at radius 2 is 1.72 bits per heavy atom. The normalized spacial score (nSPS) is 10.8. The van der Waals surface area contributed by atoms with Gasteiger partial charge in [-0.1, -0.05) is 40.9 Å². The molecule has 0 spiro atoms. The van der Waals surface area contributed by atoms with Crippen LogP contribution in [0.25, 0.3) is 11.0 Å². The zero-order valence-corrected chi connectivity index (χ0v) is 17.1. The third kappa shape index (κ3) is 4.41. The highest BCUT2D eigenvalue weighted by Crippen LogP contribution is 2.26. The van der Waals surface area contributed by atoms with E-state index >= 15 is 0 Å². The van der Waals surface area contributed by atoms with Gasteiger partial charge in [0.1, 0.15) is 12.1 Å². The highest BCUT2D eigenvalue weighted by atomic mass is 35.5. The predicted molar refractivity (Wildman–Crippen MR) is 107 cm³/mol. The van der Waals surface area contributed by atoms with Crippen molar-refractivity contribution in [2.24, 2.45) is 0 Å². The molecule has 0 atom stereocenters. The number of esters is 2. The molecule has 0 saturated carbocycles. The minimum atomic E-state index is -0.885. The molecule has 0 fully saturated rings. The van der Waals surface area contributed by atoms with Gasteiger partial charge in [-0.15, -0.1) is 0 Å². The number of carbonyl (C=O) groups excluding carboxylic acids is 2. The first kappa shape index (κ1) is 20.8. The molecule has 0 amide bonds. The van der Waals surface area contributed by atoms with Crippen LogP contribution in [-0.4, -0.2) is 23.5 Å². The Bertz CT molecular complexity index is 1100. The third-order valence-corrected chi connectivity index (χ3v) is 4.79. The molecule has 0 bridgehead atoms. The lowest BCUT2D eigenvalue weighted by Gasteiger charge is -2.12. The Morgan fingerprint density at radius 3 is 2.38 bits per heavy atom. The fraction of sp³-hybridized carbons (Fsp3) is 0.200. The lowest BCUT2D eigenvalue weighted by molar-refractivity contribution is -0.581. The summed E-state index contributed by atoms with van der Waals surface area (Å²) in [6.45, 7) is 3.15. The number of benzene rings is 2. The number of ether oxygens (including phenoxy) is 2. The fourth-order valence-electron chi connectivity index (χ4n) is 2.62. The molecule has 29 heavy (non-hydrogen) atoms. The predicted octanol–water partition coefficient (Wildman–Crippen LogP) is 4.02. The number of hydrogen-bond donors (Lipinski definition) is 0. The fourth-order valence-corrected chi connectivity index (χ4v) is 2.94. The number of halogens is 2. The molecule has 9 heteroatoms. The van der Waals surface area contributed by atoms with E-state index < -0.39 is 18.5 Å². The zero-order chi connectivity index (χ0) is 21.1. The molecule has 0 aliphatic rings. The maximum absolute atomic E-state index is 12.8. The van der Waals surface area contributed by atoms with Gasteiger partial charge in [-0.25, -0.2) is 14.6 Å². The second-order valence-electron chi connectivity index (χ2n) is 6.12. The topological polar surface area (TPSA) is 92.4 Å². The first-order valence-corrected chi connectivity index (χ1v) is 9.39. The Morgan fingerprint density at radius 1 is 1.07 bits per heavy atom. The van der Waals surface area contributed by atoms with Gasteiger partial charge in [0.2, 0.25) is 5.52 Å². The second kappa shape index (κ2) is 8.63. The number of fused-ring (bicyclic) bond motifs is 1. The number of aryl methyl sites for hydroxylation is 1. The van der Waals surface area contributed by atoms with Crippen LogP contribution in [0.5, 0.6) is 0 Å². The van der Waals surface area contributed by atoms with Crippen LogP contribution >= 0.6 is 23.2 Å². The lowest BCUT2D eigenvalue weighted by Crippen LogP contribution is -2.39. The monoisotopic (exact) mass is 434 g/mol. The van der Waals surface area contributed by atoms with Gasteiger partial charge >= 0.3 is 17.6 Å². The summed E-state index contributed by atoms with van der Waals surface area (Å²) in [6.07, 6.45) is 0. The molecule has 0 aliphatic carbocycles. The number of aromatic nitrogens is 2. The summed E-state index contributed by atoms with van der Waals surface area (Å²) in [6, 6.07) is 9.48. The van der Waals surface area contributed by atoms with Crippen molar-refractivity contribution in [3.63, 3.8) is 0 Å². The maximum Gasteiger partial charge on any atom is 0.407 e. The van der Waals surface area contributed by atoms with Crippen molar-refractivity contribution >= 4 is 46.2 Å². The molecular formula is C20H16Cl2N2O5. The molecule has 0 aliphatic heterocycles. The van der Waals surface area contributed by atoms with Crippen molar-refractivity contribution in [2.45, 2.75) is 20.5 Å². The lowest BCUT2D eigenvalue weighted by atomic mass is 10.1. The van der Waals surface area contributed by atoms with Crippen molar-refractivity contribution in [1.82, 2.24) is 4.98 Å². The molecule has 1 heterocycles. The van der Waals surface area contributed by atoms with Crippen LogP contribution in [0.2, 0.25) is 10.0 Å². The summed E-state index contributed by atoms with van der Waals surface area (Å²) in [5.41, 5.74) is 1.13. The molecule has 2 aromatic carbocycles. The van der Waals surface area contributed by atoms with Crippen LogP contribution in [0.4, 0.5) is 0 Å². The van der Waals surface area contributed by atoms with Crippen molar-refractivity contribution in [3.05, 3.63) is 74.2 Å². The first-order valence-electron chi connectivity index (χ1n) is 8.64. The van der Waals surface area contributed by atoms with E-state index in [0.717, 1.165) is 5.56 Å². The van der Waals surface area contributed by atoms with E-state index in [-0.39, 0.29) is 39.1 Å². The number of carbonyl (C=O) groups is 2. The molecular weight excluding hydrogens is 419 g/mol. The van der Waals surface area contributed by atoms with Crippen molar-refractivity contribution in [3.8, 4) is 0 Å². The summed E-state index contributed by atoms with van der Waals surface area (Å²) < 4.78 is 10.6. The van der Waals surface area contributed by atoms with Crippen LogP contribution in [0.1, 0.15) is 39.0 Å². The van der Waals surface area contributed by atoms with Crippen molar-refractivity contribution in [2.75, 3.05) is 6.61 Å². The Hall–Kier alpha value is -2.90. The largest absolute Gasteiger partial charge is 0.618 e. The molecule has 1 aromatic heterocycles. The van der Waals surface area contributed by atoms with Crippen LogP contribution < -0.4 is 4.73 Å². The van der Waals surface area contributed by atoms with E-state index in [1.807, 2.05) is 6.92 Å². The number of rotatable bonds is 5. The van der Waals surface area contributed by atoms with Crippen LogP contribution in [0.3, 0.4) is 0 Å². The number of nitrogens with zero attached hydrogens (tertiary/aromatic N) is 2. The average Bonchev–Trinajstić information content (AvgIpc) is 2.68. The number of hydrogen-bond acceptors (Lipinski definition) is 6. The summed E-state index contributed by atoms with van der Waals surface area (Å²) in [5.74, 6) is -1.50. The quantitative estimate of drug-likeness (QED) is 0.342. The minimum absolute atomic E-state index is 0.0380. The molecule has 3 aromatic rings. The Kier molecular flexibility index (Phi) is 6.20. The van der Waals surface area contributed by atoms with Crippen LogP contribution in [-0.2, 0) is 16.1 Å². The summed E-state index contributed by atoms with van der Waals surface area (Å²) in [7, 11) is 0. The Balaban J connectivity index is 2.01. The zero-order valence-electron chi connectivity index (χ0n) is 15.6. The van der Waals surface area contributed by atoms with E-state index in [1.54, 1.807) is 31.2 Å². The summed E-state index contributed by atoms with van der Waals surface area (Å²) in [5, 5.41) is 13.1. The molecule has 7 nitrogen and oxygen atoms in total. The van der Waals surface area contributed by atoms with E-state index in [1.165, 1.54) is 12.1 Å². The third-order valence-electron chi connectivity index (χ3n) is 4.06. The van der Waals surface area contributed by atoms with Crippen molar-refractivity contribution < 1.29 is 23.8 Å². The summed E-state index contributed by atoms with van der Waals surface area (Å²) in [4.78, 5) is 28.9. The van der Waals surface area contributed by atoms with Gasteiger partial charge < -0.3 is 14.7 Å². The van der Waals surface area contributed by atoms with Gasteiger partial charge in [0.05, 0.1) is 22.2 Å². The standard InChI is InChI=1S/C20H16Cl2N2O5/c1-3-28-20(26)18-16(10-29-19(25)12-6-4-11(2)5-7-12)23-15-8-13(21)14(22)9-17(15)24(18)27/h4-9H,3,10H2,1-2H3. The minimum Gasteiger partial charge on any atom is -0.618 e. The molecule has 0 radical (unpaired) electrons. The van der Waals surface area contributed by atoms with Gasteiger partial charge in [-0.05, 0) is 32.0 Å². The SMILES string of the molecule is CCOC(=O)c1c(COC(=O)c2ccc(C)cc2)nc2cc(Cl)c(Cl)cc2[n+]1[O-]. The molecule has 0 unspecified atom stereocenters. The van der Waals surface area contributed by atoms with Gasteiger partial charge in [0, 0.05) is 6.07 Å². The van der Waals surface area contributed by atoms with Crippen molar-refractivity contribution in [1.29, 1.82) is 0 Å². The van der Waals surface area contributed by atoms with Gasteiger partial charge in [0.25, 0.3) is 0 Å².